The Balaban J connectivity index is 0.00000280. The number of para-hydroxylation sites is 1. The number of carboxylic acids is 1. The first-order valence-electron chi connectivity index (χ1n) is 12.8. The van der Waals surface area contributed by atoms with Gasteiger partial charge in [-0.3, -0.25) is 0 Å². The molecule has 7 nitrogen and oxygen atoms in total. The van der Waals surface area contributed by atoms with Crippen molar-refractivity contribution in [2.45, 2.75) is 39.5 Å². The Labute approximate surface area is 252 Å². The summed E-state index contributed by atoms with van der Waals surface area (Å²) in [6, 6.07) is 17.5. The number of furan rings is 1. The minimum Gasteiger partial charge on any atom is -1.00 e. The number of rotatable bonds is 13. The van der Waals surface area contributed by atoms with Crippen LogP contribution in [0.15, 0.2) is 77.6 Å². The fraction of sp³-hybridized carbons (Fsp3) is 0.258. The molecule has 4 aromatic rings. The summed E-state index contributed by atoms with van der Waals surface area (Å²) in [4.78, 5) is 11.6. The van der Waals surface area contributed by atoms with Crippen molar-refractivity contribution in [3.63, 3.8) is 0 Å². The van der Waals surface area contributed by atoms with E-state index in [1.165, 1.54) is 6.07 Å². The summed E-state index contributed by atoms with van der Waals surface area (Å²) in [5.74, 6) is 1.32. The number of aryl methyl sites for hydroxylation is 1. The number of hydrogen-bond donors (Lipinski definition) is 2. The molecule has 0 fully saturated rings. The SMILES string of the molecule is CCCc1c(OCCCOc2cc(O)c(-c3ccoc3)cc2CC)cccc1Oc1ccccc1C(=O)O.[H-].[Na+]. The number of aromatic carboxylic acids is 1. The van der Waals surface area contributed by atoms with Gasteiger partial charge in [0, 0.05) is 29.2 Å². The van der Waals surface area contributed by atoms with Gasteiger partial charge in [0.25, 0.3) is 0 Å². The van der Waals surface area contributed by atoms with E-state index in [0.29, 0.717) is 42.4 Å². The molecule has 200 valence electrons. The standard InChI is InChI=1S/C31H32O7.Na.H/c1-3-9-23-27(12-7-13-28(23)38-29-11-6-5-10-24(29)31(33)34)36-15-8-16-37-30-19-26(32)25(18-21(30)4-2)22-14-17-35-20-22;;/h5-7,10-14,17-20,32H,3-4,8-9,15-16H2,1-2H3,(H,33,34);;/q;+1;-1. The molecule has 4 rings (SSSR count). The van der Waals surface area contributed by atoms with E-state index in [1.807, 2.05) is 37.3 Å². The van der Waals surface area contributed by atoms with E-state index in [0.717, 1.165) is 36.0 Å². The van der Waals surface area contributed by atoms with Gasteiger partial charge in [0.05, 0.1) is 25.7 Å². The zero-order valence-corrected chi connectivity index (χ0v) is 24.6. The fourth-order valence-electron chi connectivity index (χ4n) is 4.22. The first-order chi connectivity index (χ1) is 18.5. The summed E-state index contributed by atoms with van der Waals surface area (Å²) in [5.41, 5.74) is 3.52. The summed E-state index contributed by atoms with van der Waals surface area (Å²) < 4.78 is 23.3. The molecule has 0 aliphatic rings. The van der Waals surface area contributed by atoms with Crippen molar-refractivity contribution in [3.05, 3.63) is 89.9 Å². The molecule has 0 bridgehead atoms. The zero-order valence-electron chi connectivity index (χ0n) is 23.6. The van der Waals surface area contributed by atoms with Crippen molar-refractivity contribution in [2.24, 2.45) is 0 Å². The monoisotopic (exact) mass is 540 g/mol. The van der Waals surface area contributed by atoms with Crippen LogP contribution in [0.25, 0.3) is 11.1 Å². The quantitative estimate of drug-likeness (QED) is 0.189. The largest absolute Gasteiger partial charge is 1.00 e. The van der Waals surface area contributed by atoms with E-state index in [1.54, 1.807) is 36.8 Å². The van der Waals surface area contributed by atoms with Crippen LogP contribution in [-0.4, -0.2) is 29.4 Å². The van der Waals surface area contributed by atoms with Gasteiger partial charge in [0.2, 0.25) is 0 Å². The summed E-state index contributed by atoms with van der Waals surface area (Å²) in [5, 5.41) is 20.0. The van der Waals surface area contributed by atoms with Crippen LogP contribution in [-0.2, 0) is 12.8 Å². The summed E-state index contributed by atoms with van der Waals surface area (Å²) in [7, 11) is 0. The molecule has 8 heteroatoms. The molecule has 0 radical (unpaired) electrons. The van der Waals surface area contributed by atoms with Crippen LogP contribution in [0.2, 0.25) is 0 Å². The summed E-state index contributed by atoms with van der Waals surface area (Å²) >= 11 is 0. The second-order valence-corrected chi connectivity index (χ2v) is 8.78. The van der Waals surface area contributed by atoms with E-state index < -0.39 is 5.97 Å². The Hall–Kier alpha value is -3.39. The van der Waals surface area contributed by atoms with E-state index in [2.05, 4.69) is 6.92 Å². The molecular formula is C31H33NaO7. The molecular weight excluding hydrogens is 507 g/mol. The molecule has 0 saturated heterocycles. The third kappa shape index (κ3) is 7.60. The Kier molecular flexibility index (Phi) is 11.3. The average Bonchev–Trinajstić information content (AvgIpc) is 3.45. The molecule has 1 heterocycles. The molecule has 0 saturated carbocycles. The first kappa shape index (κ1) is 30.2. The summed E-state index contributed by atoms with van der Waals surface area (Å²) in [6.45, 7) is 4.95. The maximum absolute atomic E-state index is 11.6. The van der Waals surface area contributed by atoms with Crippen LogP contribution < -0.4 is 43.8 Å². The van der Waals surface area contributed by atoms with Crippen molar-refractivity contribution in [1.29, 1.82) is 0 Å². The van der Waals surface area contributed by atoms with Crippen LogP contribution in [0.3, 0.4) is 0 Å². The Morgan fingerprint density at radius 3 is 2.33 bits per heavy atom. The maximum Gasteiger partial charge on any atom is 1.00 e. The molecule has 0 unspecified atom stereocenters. The molecule has 0 aliphatic carbocycles. The van der Waals surface area contributed by atoms with E-state index in [4.69, 9.17) is 18.6 Å². The minimum atomic E-state index is -1.04. The minimum absolute atomic E-state index is 0. The van der Waals surface area contributed by atoms with Crippen LogP contribution in [0.1, 0.15) is 49.6 Å². The predicted molar refractivity (Wildman–Crippen MR) is 146 cm³/mol. The van der Waals surface area contributed by atoms with Gasteiger partial charge in [-0.2, -0.15) is 0 Å². The van der Waals surface area contributed by atoms with Crippen LogP contribution >= 0.6 is 0 Å². The van der Waals surface area contributed by atoms with Gasteiger partial charge in [-0.15, -0.1) is 0 Å². The molecule has 3 aromatic carbocycles. The van der Waals surface area contributed by atoms with Crippen molar-refractivity contribution < 1.29 is 64.6 Å². The molecule has 0 aliphatic heterocycles. The number of phenols is 1. The number of hydrogen-bond acceptors (Lipinski definition) is 6. The van der Waals surface area contributed by atoms with Gasteiger partial charge in [0.1, 0.15) is 34.3 Å². The topological polar surface area (TPSA) is 98.4 Å². The van der Waals surface area contributed by atoms with Crippen molar-refractivity contribution in [2.75, 3.05) is 13.2 Å². The zero-order chi connectivity index (χ0) is 26.9. The molecule has 0 atom stereocenters. The second-order valence-electron chi connectivity index (χ2n) is 8.78. The Bertz CT molecular complexity index is 1370. The van der Waals surface area contributed by atoms with Gasteiger partial charge < -0.3 is 30.3 Å². The number of carbonyl (C=O) groups is 1. The number of aromatic hydroxyl groups is 1. The van der Waals surface area contributed by atoms with Crippen molar-refractivity contribution in [3.8, 4) is 39.9 Å². The van der Waals surface area contributed by atoms with Crippen molar-refractivity contribution >= 4 is 5.97 Å². The van der Waals surface area contributed by atoms with Crippen molar-refractivity contribution in [1.82, 2.24) is 0 Å². The second kappa shape index (κ2) is 14.7. The van der Waals surface area contributed by atoms with Gasteiger partial charge in [-0.25, -0.2) is 4.79 Å². The van der Waals surface area contributed by atoms with Gasteiger partial charge in [0.15, 0.2) is 0 Å². The normalized spacial score (nSPS) is 10.5. The summed E-state index contributed by atoms with van der Waals surface area (Å²) in [6.07, 6.45) is 6.16. The van der Waals surface area contributed by atoms with Crippen LogP contribution in [0.5, 0.6) is 28.7 Å². The van der Waals surface area contributed by atoms with Crippen LogP contribution in [0, 0.1) is 0 Å². The Morgan fingerprint density at radius 1 is 0.923 bits per heavy atom. The van der Waals surface area contributed by atoms with E-state index in [9.17, 15) is 15.0 Å². The Morgan fingerprint density at radius 2 is 1.64 bits per heavy atom. The number of phenolic OH excluding ortho intramolecular Hbond substituents is 1. The number of ether oxygens (including phenoxy) is 3. The van der Waals surface area contributed by atoms with Gasteiger partial charge >= 0.3 is 35.5 Å². The molecule has 1 aromatic heterocycles. The van der Waals surface area contributed by atoms with Gasteiger partial charge in [-0.1, -0.05) is 38.5 Å². The molecule has 39 heavy (non-hydrogen) atoms. The number of benzene rings is 3. The maximum atomic E-state index is 11.6. The first-order valence-corrected chi connectivity index (χ1v) is 12.8. The van der Waals surface area contributed by atoms with E-state index >= 15 is 0 Å². The third-order valence-corrected chi connectivity index (χ3v) is 6.12. The molecule has 0 amide bonds. The third-order valence-electron chi connectivity index (χ3n) is 6.12. The predicted octanol–water partition coefficient (Wildman–Crippen LogP) is 4.62. The fourth-order valence-corrected chi connectivity index (χ4v) is 4.22. The average molecular weight is 541 g/mol. The van der Waals surface area contributed by atoms with E-state index in [-0.39, 0.29) is 48.0 Å². The number of carboxylic acid groups (broad SMARTS) is 1. The smallest absolute Gasteiger partial charge is 1.00 e. The van der Waals surface area contributed by atoms with Gasteiger partial charge in [-0.05, 0) is 54.8 Å². The molecule has 2 N–H and O–H groups in total. The molecule has 0 spiro atoms. The van der Waals surface area contributed by atoms with Crippen LogP contribution in [0.4, 0.5) is 0 Å².